The van der Waals surface area contributed by atoms with Crippen molar-refractivity contribution in [3.05, 3.63) is 76.9 Å². The third-order valence-corrected chi connectivity index (χ3v) is 6.29. The molecule has 3 aromatic rings. The number of nitrogens with zero attached hydrogens (tertiary/aromatic N) is 1. The average molecular weight is 504 g/mol. The van der Waals surface area contributed by atoms with Crippen molar-refractivity contribution in [3.63, 3.8) is 0 Å². The van der Waals surface area contributed by atoms with Gasteiger partial charge in [-0.3, -0.25) is 14.5 Å². The van der Waals surface area contributed by atoms with Crippen molar-refractivity contribution in [3.8, 4) is 28.7 Å². The molecule has 2 heterocycles. The minimum absolute atomic E-state index is 0.0455. The topological polar surface area (TPSA) is 115 Å². The van der Waals surface area contributed by atoms with Crippen LogP contribution < -0.4 is 23.8 Å². The maximum atomic E-state index is 13.5. The number of methoxy groups -OCH3 is 1. The minimum Gasteiger partial charge on any atom is -0.507 e. The van der Waals surface area contributed by atoms with Crippen molar-refractivity contribution in [1.82, 2.24) is 0 Å². The summed E-state index contributed by atoms with van der Waals surface area (Å²) < 4.78 is 21.8. The van der Waals surface area contributed by atoms with E-state index < -0.39 is 17.7 Å². The standard InChI is InChI=1S/C28H25NO8/c1-4-35-22-12-16(6-8-19(22)30)25-24(26(31)18-11-15(2)5-9-20(18)34-3)27(32)28(33)29(25)17-7-10-21-23(13-17)37-14-36-21/h5-13,25,30-31H,4,14H2,1-3H3/b26-24+. The van der Waals surface area contributed by atoms with E-state index >= 15 is 0 Å². The van der Waals surface area contributed by atoms with Crippen LogP contribution in [0.1, 0.15) is 29.7 Å². The van der Waals surface area contributed by atoms with Crippen LogP contribution in [0.15, 0.2) is 60.2 Å². The number of aliphatic hydroxyl groups is 1. The Morgan fingerprint density at radius 1 is 1.03 bits per heavy atom. The molecule has 2 aliphatic rings. The highest BCUT2D eigenvalue weighted by Crippen LogP contribution is 2.46. The van der Waals surface area contributed by atoms with Gasteiger partial charge < -0.3 is 29.2 Å². The molecule has 0 aromatic heterocycles. The van der Waals surface area contributed by atoms with Crippen molar-refractivity contribution < 1.29 is 38.7 Å². The van der Waals surface area contributed by atoms with Gasteiger partial charge in [-0.25, -0.2) is 0 Å². The van der Waals surface area contributed by atoms with Crippen LogP contribution in [0.2, 0.25) is 0 Å². The number of benzene rings is 3. The van der Waals surface area contributed by atoms with Crippen LogP contribution in [0, 0.1) is 6.92 Å². The van der Waals surface area contributed by atoms with E-state index in [1.165, 1.54) is 18.1 Å². The third-order valence-electron chi connectivity index (χ3n) is 6.29. The van der Waals surface area contributed by atoms with E-state index in [1.54, 1.807) is 49.4 Å². The van der Waals surface area contributed by atoms with Crippen molar-refractivity contribution >= 4 is 23.1 Å². The van der Waals surface area contributed by atoms with Gasteiger partial charge in [-0.15, -0.1) is 0 Å². The number of hydrogen-bond acceptors (Lipinski definition) is 8. The van der Waals surface area contributed by atoms with Crippen LogP contribution in [-0.4, -0.2) is 42.4 Å². The first-order valence-electron chi connectivity index (χ1n) is 11.7. The van der Waals surface area contributed by atoms with Crippen LogP contribution in [-0.2, 0) is 9.59 Å². The number of fused-ring (bicyclic) bond motifs is 1. The zero-order chi connectivity index (χ0) is 26.3. The summed E-state index contributed by atoms with van der Waals surface area (Å²) >= 11 is 0. The summed E-state index contributed by atoms with van der Waals surface area (Å²) in [6.07, 6.45) is 0. The number of Topliss-reactive ketones (excluding diaryl/α,β-unsaturated/α-hetero) is 1. The van der Waals surface area contributed by atoms with E-state index in [-0.39, 0.29) is 35.2 Å². The molecular formula is C28H25NO8. The Kier molecular flexibility index (Phi) is 6.12. The summed E-state index contributed by atoms with van der Waals surface area (Å²) in [7, 11) is 1.46. The Balaban J connectivity index is 1.75. The Bertz CT molecular complexity index is 1440. The molecule has 0 saturated carbocycles. The van der Waals surface area contributed by atoms with Crippen LogP contribution in [0.25, 0.3) is 5.76 Å². The first-order valence-corrected chi connectivity index (χ1v) is 11.7. The minimum atomic E-state index is -1.04. The number of ketones is 1. The Morgan fingerprint density at radius 3 is 2.57 bits per heavy atom. The number of anilines is 1. The molecule has 190 valence electrons. The first kappa shape index (κ1) is 24.1. The molecule has 1 atom stereocenters. The van der Waals surface area contributed by atoms with Gasteiger partial charge in [0.05, 0.1) is 30.9 Å². The lowest BCUT2D eigenvalue weighted by molar-refractivity contribution is -0.132. The molecule has 0 spiro atoms. The van der Waals surface area contributed by atoms with Crippen molar-refractivity contribution in [2.75, 3.05) is 25.4 Å². The van der Waals surface area contributed by atoms with Gasteiger partial charge in [0.1, 0.15) is 11.5 Å². The number of phenols is 1. The SMILES string of the molecule is CCOc1cc(C2/C(=C(\O)c3cc(C)ccc3OC)C(=O)C(=O)N2c2ccc3c(c2)OCO3)ccc1O. The molecule has 0 radical (unpaired) electrons. The lowest BCUT2D eigenvalue weighted by Crippen LogP contribution is -2.29. The number of aryl methyl sites for hydroxylation is 1. The highest BCUT2D eigenvalue weighted by molar-refractivity contribution is 6.51. The molecule has 37 heavy (non-hydrogen) atoms. The lowest BCUT2D eigenvalue weighted by atomic mass is 9.94. The second-order valence-corrected chi connectivity index (χ2v) is 8.57. The van der Waals surface area contributed by atoms with Gasteiger partial charge in [-0.1, -0.05) is 17.7 Å². The Morgan fingerprint density at radius 2 is 1.81 bits per heavy atom. The predicted octanol–water partition coefficient (Wildman–Crippen LogP) is 4.46. The number of hydrogen-bond donors (Lipinski definition) is 2. The maximum absolute atomic E-state index is 13.5. The molecule has 2 aliphatic heterocycles. The number of aliphatic hydroxyl groups excluding tert-OH is 1. The largest absolute Gasteiger partial charge is 0.507 e. The Labute approximate surface area is 213 Å². The molecule has 3 aromatic carbocycles. The van der Waals surface area contributed by atoms with E-state index in [1.807, 2.05) is 13.0 Å². The van der Waals surface area contributed by atoms with E-state index in [0.29, 0.717) is 35.1 Å². The first-order chi connectivity index (χ1) is 17.8. The third kappa shape index (κ3) is 4.08. The summed E-state index contributed by atoms with van der Waals surface area (Å²) in [4.78, 5) is 28.3. The molecule has 1 amide bonds. The summed E-state index contributed by atoms with van der Waals surface area (Å²) in [6, 6.07) is 13.6. The number of ether oxygens (including phenoxy) is 4. The fourth-order valence-electron chi connectivity index (χ4n) is 4.57. The van der Waals surface area contributed by atoms with E-state index in [2.05, 4.69) is 0 Å². The van der Waals surface area contributed by atoms with Gasteiger partial charge in [-0.05, 0) is 55.8 Å². The van der Waals surface area contributed by atoms with Crippen molar-refractivity contribution in [2.45, 2.75) is 19.9 Å². The number of amides is 1. The highest BCUT2D eigenvalue weighted by Gasteiger charge is 2.47. The van der Waals surface area contributed by atoms with Gasteiger partial charge in [0, 0.05) is 11.8 Å². The Hall–Kier alpha value is -4.66. The summed E-state index contributed by atoms with van der Waals surface area (Å²) in [5.41, 5.74) is 1.80. The van der Waals surface area contributed by atoms with Crippen molar-refractivity contribution in [2.24, 2.45) is 0 Å². The average Bonchev–Trinajstić information content (AvgIpc) is 3.47. The zero-order valence-electron chi connectivity index (χ0n) is 20.5. The summed E-state index contributed by atoms with van der Waals surface area (Å²) in [5, 5.41) is 21.8. The van der Waals surface area contributed by atoms with E-state index in [9.17, 15) is 19.8 Å². The second kappa shape index (κ2) is 9.42. The number of carbonyl (C=O) groups is 2. The smallest absolute Gasteiger partial charge is 0.300 e. The number of carbonyl (C=O) groups excluding carboxylic acids is 2. The molecule has 1 unspecified atom stereocenters. The van der Waals surface area contributed by atoms with Crippen LogP contribution >= 0.6 is 0 Å². The molecule has 9 nitrogen and oxygen atoms in total. The van der Waals surface area contributed by atoms with Gasteiger partial charge in [0.15, 0.2) is 23.0 Å². The molecule has 0 bridgehead atoms. The molecular weight excluding hydrogens is 478 g/mol. The van der Waals surface area contributed by atoms with Gasteiger partial charge in [-0.2, -0.15) is 0 Å². The molecule has 9 heteroatoms. The summed E-state index contributed by atoms with van der Waals surface area (Å²) in [5.74, 6) is -0.688. The maximum Gasteiger partial charge on any atom is 0.300 e. The van der Waals surface area contributed by atoms with Crippen LogP contribution in [0.4, 0.5) is 5.69 Å². The van der Waals surface area contributed by atoms with Gasteiger partial charge in [0.2, 0.25) is 6.79 Å². The molecule has 5 rings (SSSR count). The fraction of sp³-hybridized carbons (Fsp3) is 0.214. The number of aromatic hydroxyl groups is 1. The fourth-order valence-corrected chi connectivity index (χ4v) is 4.57. The molecule has 1 saturated heterocycles. The normalized spacial score (nSPS) is 17.8. The lowest BCUT2D eigenvalue weighted by Gasteiger charge is -2.26. The second-order valence-electron chi connectivity index (χ2n) is 8.57. The van der Waals surface area contributed by atoms with Crippen LogP contribution in [0.3, 0.4) is 0 Å². The number of rotatable bonds is 6. The quantitative estimate of drug-likeness (QED) is 0.288. The molecule has 2 N–H and O–H groups in total. The highest BCUT2D eigenvalue weighted by atomic mass is 16.7. The number of phenolic OH excluding ortho intramolecular Hbond substituents is 1. The molecule has 1 fully saturated rings. The van der Waals surface area contributed by atoms with Gasteiger partial charge >= 0.3 is 0 Å². The molecule has 0 aliphatic carbocycles. The summed E-state index contributed by atoms with van der Waals surface area (Å²) in [6.45, 7) is 3.95. The van der Waals surface area contributed by atoms with Crippen molar-refractivity contribution in [1.29, 1.82) is 0 Å². The van der Waals surface area contributed by atoms with E-state index in [4.69, 9.17) is 18.9 Å². The van der Waals surface area contributed by atoms with E-state index in [0.717, 1.165) is 5.56 Å². The predicted molar refractivity (Wildman–Crippen MR) is 134 cm³/mol. The van der Waals surface area contributed by atoms with Crippen LogP contribution in [0.5, 0.6) is 28.7 Å². The monoisotopic (exact) mass is 503 g/mol. The zero-order valence-corrected chi connectivity index (χ0v) is 20.5. The van der Waals surface area contributed by atoms with Gasteiger partial charge in [0.25, 0.3) is 11.7 Å².